The van der Waals surface area contributed by atoms with Crippen molar-refractivity contribution >= 4 is 11.8 Å². The molecular weight excluding hydrogens is 280 g/mol. The smallest absolute Gasteiger partial charge is 0.312 e. The Balaban J connectivity index is 1.98. The Morgan fingerprint density at radius 3 is 2.55 bits per heavy atom. The van der Waals surface area contributed by atoms with Crippen LogP contribution < -0.4 is 0 Å². The lowest BCUT2D eigenvalue weighted by atomic mass is 10.0. The number of carbonyl (C=O) groups excluding carboxylic acids is 2. The molecule has 1 aromatic rings. The number of Topliss-reactive ketones (excluding diaryl/α,β-unsaturated/α-hetero) is 1. The SMILES string of the molecule is Cn1cc(CC(=O)OC(C)(C)C)nc1C(=O)CC1CCCC1. The highest BCUT2D eigenvalue weighted by Gasteiger charge is 2.23. The Morgan fingerprint density at radius 1 is 1.32 bits per heavy atom. The summed E-state index contributed by atoms with van der Waals surface area (Å²) in [5.41, 5.74) is 0.0824. The summed E-state index contributed by atoms with van der Waals surface area (Å²) in [6.07, 6.45) is 7.14. The van der Waals surface area contributed by atoms with Crippen LogP contribution in [0.15, 0.2) is 6.20 Å². The average molecular weight is 306 g/mol. The second kappa shape index (κ2) is 6.63. The third-order valence-corrected chi connectivity index (χ3v) is 3.87. The molecule has 0 aliphatic heterocycles. The molecule has 0 aromatic carbocycles. The molecule has 0 amide bonds. The van der Waals surface area contributed by atoms with E-state index in [9.17, 15) is 9.59 Å². The van der Waals surface area contributed by atoms with Gasteiger partial charge in [0.2, 0.25) is 0 Å². The number of aromatic nitrogens is 2. The second-order valence-electron chi connectivity index (χ2n) is 7.21. The van der Waals surface area contributed by atoms with Crippen molar-refractivity contribution in [3.8, 4) is 0 Å². The zero-order valence-corrected chi connectivity index (χ0v) is 14.0. The number of imidazole rings is 1. The van der Waals surface area contributed by atoms with E-state index in [1.54, 1.807) is 17.8 Å². The number of nitrogens with zero attached hydrogens (tertiary/aromatic N) is 2. The third kappa shape index (κ3) is 4.68. The first-order valence-corrected chi connectivity index (χ1v) is 8.02. The molecule has 0 bridgehead atoms. The van der Waals surface area contributed by atoms with E-state index in [0.717, 1.165) is 12.8 Å². The summed E-state index contributed by atoms with van der Waals surface area (Å²) in [4.78, 5) is 28.5. The Bertz CT molecular complexity index is 549. The molecule has 0 atom stereocenters. The van der Waals surface area contributed by atoms with Gasteiger partial charge in [0, 0.05) is 19.7 Å². The van der Waals surface area contributed by atoms with Crippen LogP contribution in [0.25, 0.3) is 0 Å². The molecule has 1 saturated carbocycles. The lowest BCUT2D eigenvalue weighted by Crippen LogP contribution is -2.25. The highest BCUT2D eigenvalue weighted by Crippen LogP contribution is 2.28. The van der Waals surface area contributed by atoms with E-state index in [2.05, 4.69) is 4.98 Å². The average Bonchev–Trinajstić information content (AvgIpc) is 2.96. The third-order valence-electron chi connectivity index (χ3n) is 3.87. The molecule has 0 spiro atoms. The Kier molecular flexibility index (Phi) is 5.04. The fourth-order valence-corrected chi connectivity index (χ4v) is 2.97. The minimum Gasteiger partial charge on any atom is -0.460 e. The quantitative estimate of drug-likeness (QED) is 0.619. The van der Waals surface area contributed by atoms with Gasteiger partial charge in [0.25, 0.3) is 0 Å². The minimum absolute atomic E-state index is 0.0739. The first kappa shape index (κ1) is 16.7. The van der Waals surface area contributed by atoms with Crippen LogP contribution in [0.2, 0.25) is 0 Å². The molecule has 0 saturated heterocycles. The molecule has 0 unspecified atom stereocenters. The number of ether oxygens (including phenoxy) is 1. The Hall–Kier alpha value is -1.65. The highest BCUT2D eigenvalue weighted by atomic mass is 16.6. The van der Waals surface area contributed by atoms with Crippen molar-refractivity contribution < 1.29 is 14.3 Å². The molecule has 5 nitrogen and oxygen atoms in total. The summed E-state index contributed by atoms with van der Waals surface area (Å²) in [7, 11) is 1.80. The van der Waals surface area contributed by atoms with Crippen molar-refractivity contribution in [1.82, 2.24) is 9.55 Å². The maximum absolute atomic E-state index is 12.3. The first-order valence-electron chi connectivity index (χ1n) is 8.02. The Labute approximate surface area is 132 Å². The second-order valence-corrected chi connectivity index (χ2v) is 7.21. The van der Waals surface area contributed by atoms with Gasteiger partial charge in [-0.05, 0) is 26.7 Å². The van der Waals surface area contributed by atoms with Gasteiger partial charge in [0.15, 0.2) is 11.6 Å². The first-order chi connectivity index (χ1) is 10.2. The molecule has 2 rings (SSSR count). The van der Waals surface area contributed by atoms with Crippen LogP contribution in [0.5, 0.6) is 0 Å². The van der Waals surface area contributed by atoms with Crippen molar-refractivity contribution in [3.05, 3.63) is 17.7 Å². The summed E-state index contributed by atoms with van der Waals surface area (Å²) in [6, 6.07) is 0. The molecule has 1 aliphatic carbocycles. The number of hydrogen-bond acceptors (Lipinski definition) is 4. The van der Waals surface area contributed by atoms with Crippen LogP contribution in [-0.4, -0.2) is 26.9 Å². The molecule has 122 valence electrons. The van der Waals surface area contributed by atoms with Crippen molar-refractivity contribution in [3.63, 3.8) is 0 Å². The van der Waals surface area contributed by atoms with Crippen LogP contribution >= 0.6 is 0 Å². The van der Waals surface area contributed by atoms with Crippen LogP contribution in [0.3, 0.4) is 0 Å². The lowest BCUT2D eigenvalue weighted by molar-refractivity contribution is -0.153. The van der Waals surface area contributed by atoms with Crippen molar-refractivity contribution in [2.24, 2.45) is 13.0 Å². The van der Waals surface area contributed by atoms with E-state index in [1.165, 1.54) is 12.8 Å². The fraction of sp³-hybridized carbons (Fsp3) is 0.706. The summed E-state index contributed by atoms with van der Waals surface area (Å²) < 4.78 is 7.00. The van der Waals surface area contributed by atoms with E-state index >= 15 is 0 Å². The summed E-state index contributed by atoms with van der Waals surface area (Å²) >= 11 is 0. The van der Waals surface area contributed by atoms with Crippen LogP contribution in [0.4, 0.5) is 0 Å². The predicted octanol–water partition coefficient (Wildman–Crippen LogP) is 3.07. The highest BCUT2D eigenvalue weighted by molar-refractivity contribution is 5.93. The zero-order chi connectivity index (χ0) is 16.3. The van der Waals surface area contributed by atoms with E-state index in [1.807, 2.05) is 20.8 Å². The summed E-state index contributed by atoms with van der Waals surface area (Å²) in [5, 5.41) is 0. The fourth-order valence-electron chi connectivity index (χ4n) is 2.97. The van der Waals surface area contributed by atoms with Crippen molar-refractivity contribution in [2.45, 2.75) is 64.9 Å². The van der Waals surface area contributed by atoms with Crippen LogP contribution in [0.1, 0.15) is 69.2 Å². The molecule has 1 aliphatic rings. The summed E-state index contributed by atoms with van der Waals surface area (Å²) in [6.45, 7) is 5.50. The minimum atomic E-state index is -0.507. The van der Waals surface area contributed by atoms with Gasteiger partial charge in [-0.3, -0.25) is 9.59 Å². The number of rotatable bonds is 5. The normalized spacial score (nSPS) is 16.0. The predicted molar refractivity (Wildman–Crippen MR) is 83.7 cm³/mol. The molecule has 1 fully saturated rings. The van der Waals surface area contributed by atoms with Gasteiger partial charge in [-0.2, -0.15) is 0 Å². The molecule has 0 N–H and O–H groups in total. The number of hydrogen-bond donors (Lipinski definition) is 0. The zero-order valence-electron chi connectivity index (χ0n) is 14.0. The molecule has 1 aromatic heterocycles. The number of carbonyl (C=O) groups is 2. The lowest BCUT2D eigenvalue weighted by Gasteiger charge is -2.18. The Morgan fingerprint density at radius 2 is 1.95 bits per heavy atom. The van der Waals surface area contributed by atoms with Gasteiger partial charge in [-0.1, -0.05) is 25.7 Å². The standard InChI is InChI=1S/C17H26N2O3/c1-17(2,3)22-15(21)10-13-11-19(4)16(18-13)14(20)9-12-7-5-6-8-12/h11-12H,5-10H2,1-4H3. The van der Waals surface area contributed by atoms with Crippen LogP contribution in [0, 0.1) is 5.92 Å². The van der Waals surface area contributed by atoms with Gasteiger partial charge in [0.05, 0.1) is 12.1 Å². The molecule has 1 heterocycles. The van der Waals surface area contributed by atoms with Gasteiger partial charge in [0.1, 0.15) is 5.60 Å². The maximum Gasteiger partial charge on any atom is 0.312 e. The molecular formula is C17H26N2O3. The van der Waals surface area contributed by atoms with Gasteiger partial charge >= 0.3 is 5.97 Å². The van der Waals surface area contributed by atoms with Gasteiger partial charge < -0.3 is 9.30 Å². The molecule has 0 radical (unpaired) electrons. The molecule has 5 heteroatoms. The van der Waals surface area contributed by atoms with Crippen molar-refractivity contribution in [1.29, 1.82) is 0 Å². The van der Waals surface area contributed by atoms with E-state index in [4.69, 9.17) is 4.74 Å². The van der Waals surface area contributed by atoms with Crippen molar-refractivity contribution in [2.75, 3.05) is 0 Å². The monoisotopic (exact) mass is 306 g/mol. The number of aryl methyl sites for hydroxylation is 1. The van der Waals surface area contributed by atoms with E-state index < -0.39 is 5.60 Å². The maximum atomic E-state index is 12.3. The van der Waals surface area contributed by atoms with Gasteiger partial charge in [-0.25, -0.2) is 4.98 Å². The number of ketones is 1. The molecule has 22 heavy (non-hydrogen) atoms. The van der Waals surface area contributed by atoms with Crippen LogP contribution in [-0.2, 0) is 23.0 Å². The largest absolute Gasteiger partial charge is 0.460 e. The summed E-state index contributed by atoms with van der Waals surface area (Å²) in [5.74, 6) is 0.703. The topological polar surface area (TPSA) is 61.2 Å². The van der Waals surface area contributed by atoms with E-state index in [0.29, 0.717) is 23.9 Å². The number of esters is 1. The van der Waals surface area contributed by atoms with E-state index in [-0.39, 0.29) is 18.2 Å². The van der Waals surface area contributed by atoms with Gasteiger partial charge in [-0.15, -0.1) is 0 Å².